The zero-order valence-corrected chi connectivity index (χ0v) is 8.32. The zero-order valence-electron chi connectivity index (χ0n) is 8.32. The topological polar surface area (TPSA) is 51.3 Å². The van der Waals surface area contributed by atoms with E-state index >= 15 is 0 Å². The summed E-state index contributed by atoms with van der Waals surface area (Å²) in [5.41, 5.74) is 0.984. The molecule has 1 N–H and O–H groups in total. The lowest BCUT2D eigenvalue weighted by Crippen LogP contribution is -2.12. The summed E-state index contributed by atoms with van der Waals surface area (Å²) in [5, 5.41) is 1.11. The summed E-state index contributed by atoms with van der Waals surface area (Å²) in [4.78, 5) is 13.9. The van der Waals surface area contributed by atoms with Crippen LogP contribution in [0, 0.1) is 0 Å². The molecule has 0 aliphatic heterocycles. The Kier molecular flexibility index (Phi) is 2.58. The van der Waals surface area contributed by atoms with E-state index in [1.165, 1.54) is 7.11 Å². The maximum atomic E-state index is 10.8. The van der Waals surface area contributed by atoms with E-state index in [9.17, 15) is 4.79 Å². The number of rotatable bonds is 3. The quantitative estimate of drug-likeness (QED) is 0.776. The fraction of sp³-hybridized carbons (Fsp3) is 0.182. The van der Waals surface area contributed by atoms with Gasteiger partial charge in [-0.05, 0) is 23.6 Å². The van der Waals surface area contributed by atoms with Crippen molar-refractivity contribution >= 4 is 16.9 Å². The molecule has 78 valence electrons. The van der Waals surface area contributed by atoms with Gasteiger partial charge in [-0.25, -0.2) is 4.79 Å². The average molecular weight is 205 g/mol. The van der Waals surface area contributed by atoms with Crippen LogP contribution in [-0.2, 0) is 9.53 Å². The highest BCUT2D eigenvalue weighted by molar-refractivity contribution is 5.80. The van der Waals surface area contributed by atoms with Gasteiger partial charge < -0.3 is 14.5 Å². The Bertz CT molecular complexity index is 475. The van der Waals surface area contributed by atoms with Crippen LogP contribution < -0.4 is 4.74 Å². The summed E-state index contributed by atoms with van der Waals surface area (Å²) in [6.07, 6.45) is 1.86. The average Bonchev–Trinajstić information content (AvgIpc) is 2.72. The Morgan fingerprint density at radius 1 is 1.40 bits per heavy atom. The van der Waals surface area contributed by atoms with Gasteiger partial charge in [-0.15, -0.1) is 0 Å². The van der Waals surface area contributed by atoms with Gasteiger partial charge in [0.1, 0.15) is 5.75 Å². The molecule has 2 aromatic rings. The third-order valence-corrected chi connectivity index (χ3v) is 2.11. The molecule has 0 spiro atoms. The summed E-state index contributed by atoms with van der Waals surface area (Å²) in [6, 6.07) is 7.56. The number of ether oxygens (including phenoxy) is 2. The van der Waals surface area contributed by atoms with Crippen molar-refractivity contribution in [3.8, 4) is 5.75 Å². The number of carbonyl (C=O) groups excluding carboxylic acids is 1. The molecule has 2 rings (SSSR count). The van der Waals surface area contributed by atoms with Crippen molar-refractivity contribution in [3.05, 3.63) is 30.5 Å². The minimum atomic E-state index is -0.387. The first kappa shape index (κ1) is 9.58. The van der Waals surface area contributed by atoms with Crippen molar-refractivity contribution in [2.45, 2.75) is 0 Å². The van der Waals surface area contributed by atoms with Gasteiger partial charge in [0.15, 0.2) is 6.61 Å². The predicted molar refractivity (Wildman–Crippen MR) is 55.8 cm³/mol. The second kappa shape index (κ2) is 4.04. The number of hydrogen-bond donors (Lipinski definition) is 1. The number of aromatic amines is 1. The molecule has 0 amide bonds. The van der Waals surface area contributed by atoms with Crippen LogP contribution in [0.25, 0.3) is 10.9 Å². The molecule has 0 aliphatic rings. The van der Waals surface area contributed by atoms with Crippen LogP contribution in [0.3, 0.4) is 0 Å². The summed E-state index contributed by atoms with van der Waals surface area (Å²) in [7, 11) is 1.33. The Balaban J connectivity index is 2.11. The highest BCUT2D eigenvalue weighted by atomic mass is 16.6. The predicted octanol–water partition coefficient (Wildman–Crippen LogP) is 1.72. The van der Waals surface area contributed by atoms with E-state index in [1.807, 2.05) is 30.5 Å². The third kappa shape index (κ3) is 2.10. The molecule has 4 nitrogen and oxygen atoms in total. The smallest absolute Gasteiger partial charge is 0.343 e. The van der Waals surface area contributed by atoms with Gasteiger partial charge in [-0.3, -0.25) is 0 Å². The number of H-pyrrole nitrogens is 1. The molecule has 0 radical (unpaired) electrons. The molecule has 1 heterocycles. The number of esters is 1. The summed E-state index contributed by atoms with van der Waals surface area (Å²) in [6.45, 7) is -0.0668. The van der Waals surface area contributed by atoms with Crippen molar-refractivity contribution in [2.24, 2.45) is 0 Å². The van der Waals surface area contributed by atoms with Crippen molar-refractivity contribution in [2.75, 3.05) is 13.7 Å². The number of nitrogens with one attached hydrogen (secondary N) is 1. The third-order valence-electron chi connectivity index (χ3n) is 2.11. The number of methoxy groups -OCH3 is 1. The molecular formula is C11H11NO3. The maximum Gasteiger partial charge on any atom is 0.343 e. The highest BCUT2D eigenvalue weighted by Gasteiger charge is 2.02. The largest absolute Gasteiger partial charge is 0.482 e. The second-order valence-corrected chi connectivity index (χ2v) is 3.09. The second-order valence-electron chi connectivity index (χ2n) is 3.09. The molecule has 0 saturated carbocycles. The maximum absolute atomic E-state index is 10.8. The van der Waals surface area contributed by atoms with Crippen LogP contribution in [0.15, 0.2) is 30.5 Å². The molecule has 0 aliphatic carbocycles. The van der Waals surface area contributed by atoms with Gasteiger partial charge in [-0.1, -0.05) is 0 Å². The van der Waals surface area contributed by atoms with Crippen LogP contribution >= 0.6 is 0 Å². The van der Waals surface area contributed by atoms with Crippen molar-refractivity contribution in [1.29, 1.82) is 0 Å². The molecule has 0 unspecified atom stereocenters. The van der Waals surface area contributed by atoms with Gasteiger partial charge >= 0.3 is 5.97 Å². The SMILES string of the molecule is COC(=O)COc1ccc2cc[nH]c2c1. The minimum absolute atomic E-state index is 0.0668. The number of fused-ring (bicyclic) bond motifs is 1. The van der Waals surface area contributed by atoms with Gasteiger partial charge in [0.2, 0.25) is 0 Å². The molecule has 0 bridgehead atoms. The first-order valence-corrected chi connectivity index (χ1v) is 4.56. The number of aromatic nitrogens is 1. The normalized spacial score (nSPS) is 10.2. The first-order valence-electron chi connectivity index (χ1n) is 4.56. The van der Waals surface area contributed by atoms with E-state index in [4.69, 9.17) is 4.74 Å². The Morgan fingerprint density at radius 3 is 3.07 bits per heavy atom. The standard InChI is InChI=1S/C11H11NO3/c1-14-11(13)7-15-9-3-2-8-4-5-12-10(8)6-9/h2-6,12H,7H2,1H3. The molecule has 1 aromatic heterocycles. The molecule has 4 heteroatoms. The first-order chi connectivity index (χ1) is 7.29. The fourth-order valence-corrected chi connectivity index (χ4v) is 1.32. The fourth-order valence-electron chi connectivity index (χ4n) is 1.32. The lowest BCUT2D eigenvalue weighted by Gasteiger charge is -2.04. The van der Waals surface area contributed by atoms with E-state index in [0.717, 1.165) is 10.9 Å². The molecule has 1 aromatic carbocycles. The van der Waals surface area contributed by atoms with Crippen molar-refractivity contribution < 1.29 is 14.3 Å². The Labute approximate surface area is 86.8 Å². The zero-order chi connectivity index (χ0) is 10.7. The molecule has 15 heavy (non-hydrogen) atoms. The highest BCUT2D eigenvalue weighted by Crippen LogP contribution is 2.19. The number of hydrogen-bond acceptors (Lipinski definition) is 3. The molecular weight excluding hydrogens is 194 g/mol. The van der Waals surface area contributed by atoms with Crippen LogP contribution in [-0.4, -0.2) is 24.7 Å². The van der Waals surface area contributed by atoms with Crippen molar-refractivity contribution in [3.63, 3.8) is 0 Å². The molecule has 0 fully saturated rings. The van der Waals surface area contributed by atoms with E-state index in [1.54, 1.807) is 0 Å². The van der Waals surface area contributed by atoms with Crippen molar-refractivity contribution in [1.82, 2.24) is 4.98 Å². The Hall–Kier alpha value is -1.97. The van der Waals surface area contributed by atoms with Crippen LogP contribution in [0.4, 0.5) is 0 Å². The lowest BCUT2D eigenvalue weighted by atomic mass is 10.2. The van der Waals surface area contributed by atoms with Crippen LogP contribution in [0.1, 0.15) is 0 Å². The van der Waals surface area contributed by atoms with Crippen LogP contribution in [0.5, 0.6) is 5.75 Å². The van der Waals surface area contributed by atoms with Gasteiger partial charge in [0.05, 0.1) is 7.11 Å². The van der Waals surface area contributed by atoms with Gasteiger partial charge in [0.25, 0.3) is 0 Å². The van der Waals surface area contributed by atoms with Crippen LogP contribution in [0.2, 0.25) is 0 Å². The number of carbonyl (C=O) groups is 1. The van der Waals surface area contributed by atoms with E-state index in [-0.39, 0.29) is 12.6 Å². The summed E-state index contributed by atoms with van der Waals surface area (Å²) < 4.78 is 9.71. The van der Waals surface area contributed by atoms with E-state index < -0.39 is 0 Å². The molecule has 0 saturated heterocycles. The minimum Gasteiger partial charge on any atom is -0.482 e. The van der Waals surface area contributed by atoms with E-state index in [0.29, 0.717) is 5.75 Å². The summed E-state index contributed by atoms with van der Waals surface area (Å²) in [5.74, 6) is 0.261. The van der Waals surface area contributed by atoms with Gasteiger partial charge in [0, 0.05) is 17.8 Å². The van der Waals surface area contributed by atoms with E-state index in [2.05, 4.69) is 9.72 Å². The molecule has 0 atom stereocenters. The lowest BCUT2D eigenvalue weighted by molar-refractivity contribution is -0.142. The van der Waals surface area contributed by atoms with Gasteiger partial charge in [-0.2, -0.15) is 0 Å². The number of benzene rings is 1. The Morgan fingerprint density at radius 2 is 2.27 bits per heavy atom. The monoisotopic (exact) mass is 205 g/mol. The summed E-state index contributed by atoms with van der Waals surface area (Å²) >= 11 is 0.